The highest BCUT2D eigenvalue weighted by Crippen LogP contribution is 2.35. The van der Waals surface area contributed by atoms with Crippen LogP contribution in [0.25, 0.3) is 0 Å². The number of benzene rings is 2. The largest absolute Gasteiger partial charge is 0.399 e. The highest BCUT2D eigenvalue weighted by molar-refractivity contribution is 9.10. The Morgan fingerprint density at radius 2 is 1.61 bits per heavy atom. The predicted octanol–water partition coefficient (Wildman–Crippen LogP) is 5.09. The molecule has 0 saturated carbocycles. The molecule has 0 aliphatic heterocycles. The molecule has 0 saturated heterocycles. The van der Waals surface area contributed by atoms with E-state index >= 15 is 0 Å². The van der Waals surface area contributed by atoms with Crippen LogP contribution >= 0.6 is 39.1 Å². The van der Waals surface area contributed by atoms with Crippen molar-refractivity contribution in [2.75, 3.05) is 5.73 Å². The van der Waals surface area contributed by atoms with Gasteiger partial charge in [0.05, 0.1) is 10.0 Å². The molecule has 2 rings (SSSR count). The first kappa shape index (κ1) is 13.4. The summed E-state index contributed by atoms with van der Waals surface area (Å²) in [6, 6.07) is 11.0. The van der Waals surface area contributed by atoms with Crippen LogP contribution in [0.5, 0.6) is 0 Å². The fourth-order valence-electron chi connectivity index (χ4n) is 1.40. The summed E-state index contributed by atoms with van der Waals surface area (Å²) in [6.07, 6.45) is 1.70. The van der Waals surface area contributed by atoms with E-state index in [9.17, 15) is 0 Å². The van der Waals surface area contributed by atoms with Gasteiger partial charge in [-0.2, -0.15) is 0 Å². The van der Waals surface area contributed by atoms with Crippen molar-refractivity contribution in [2.24, 2.45) is 4.99 Å². The minimum Gasteiger partial charge on any atom is -0.399 e. The van der Waals surface area contributed by atoms with E-state index in [4.69, 9.17) is 28.9 Å². The summed E-state index contributed by atoms with van der Waals surface area (Å²) in [5.41, 5.74) is 7.63. The van der Waals surface area contributed by atoms with Gasteiger partial charge in [-0.15, -0.1) is 0 Å². The topological polar surface area (TPSA) is 38.4 Å². The molecule has 0 amide bonds. The summed E-state index contributed by atoms with van der Waals surface area (Å²) in [5, 5.41) is 0.877. The average molecular weight is 344 g/mol. The highest BCUT2D eigenvalue weighted by atomic mass is 79.9. The van der Waals surface area contributed by atoms with E-state index in [1.165, 1.54) is 0 Å². The van der Waals surface area contributed by atoms with Crippen LogP contribution in [-0.4, -0.2) is 6.21 Å². The molecular formula is C13H9BrCl2N2. The van der Waals surface area contributed by atoms with E-state index in [1.54, 1.807) is 18.3 Å². The molecule has 2 aromatic carbocycles. The van der Waals surface area contributed by atoms with Crippen LogP contribution in [0.1, 0.15) is 5.56 Å². The molecule has 2 N–H and O–H groups in total. The molecule has 5 heteroatoms. The fourth-order valence-corrected chi connectivity index (χ4v) is 2.26. The molecule has 92 valence electrons. The molecule has 2 aromatic rings. The fraction of sp³-hybridized carbons (Fsp3) is 0. The quantitative estimate of drug-likeness (QED) is 0.598. The second kappa shape index (κ2) is 5.74. The second-order valence-corrected chi connectivity index (χ2v) is 5.37. The van der Waals surface area contributed by atoms with Gasteiger partial charge in [0.15, 0.2) is 0 Å². The standard InChI is InChI=1S/C13H9BrCl2N2/c14-9-3-1-8(2-4-9)7-18-13-11(15)5-10(17)6-12(13)16/h1-7H,17H2. The lowest BCUT2D eigenvalue weighted by molar-refractivity contribution is 1.52. The van der Waals surface area contributed by atoms with E-state index in [1.807, 2.05) is 24.3 Å². The number of aliphatic imine (C=N–C) groups is 1. The van der Waals surface area contributed by atoms with Crippen LogP contribution in [0.3, 0.4) is 0 Å². The predicted molar refractivity (Wildman–Crippen MR) is 82.3 cm³/mol. The molecule has 0 spiro atoms. The third-order valence-electron chi connectivity index (χ3n) is 2.25. The molecule has 0 radical (unpaired) electrons. The first-order chi connectivity index (χ1) is 8.56. The van der Waals surface area contributed by atoms with E-state index in [2.05, 4.69) is 20.9 Å². The number of nitrogens with two attached hydrogens (primary N) is 1. The molecule has 0 aliphatic carbocycles. The molecular weight excluding hydrogens is 335 g/mol. The number of halogens is 3. The van der Waals surface area contributed by atoms with Gasteiger partial charge in [0.1, 0.15) is 5.69 Å². The Morgan fingerprint density at radius 1 is 1.06 bits per heavy atom. The third-order valence-corrected chi connectivity index (χ3v) is 3.36. The van der Waals surface area contributed by atoms with Crippen molar-refractivity contribution in [3.63, 3.8) is 0 Å². The normalized spacial score (nSPS) is 11.1. The van der Waals surface area contributed by atoms with Gasteiger partial charge in [0, 0.05) is 16.4 Å². The Balaban J connectivity index is 2.31. The number of hydrogen-bond acceptors (Lipinski definition) is 2. The van der Waals surface area contributed by atoms with E-state index < -0.39 is 0 Å². The van der Waals surface area contributed by atoms with Crippen molar-refractivity contribution in [1.82, 2.24) is 0 Å². The Kier molecular flexibility index (Phi) is 4.27. The number of rotatable bonds is 2. The van der Waals surface area contributed by atoms with Crippen LogP contribution in [0.2, 0.25) is 10.0 Å². The molecule has 0 bridgehead atoms. The minimum atomic E-state index is 0.438. The summed E-state index contributed by atoms with van der Waals surface area (Å²) in [5.74, 6) is 0. The Bertz CT molecular complexity index is 571. The summed E-state index contributed by atoms with van der Waals surface area (Å²) in [6.45, 7) is 0. The zero-order valence-electron chi connectivity index (χ0n) is 9.20. The van der Waals surface area contributed by atoms with Crippen LogP contribution in [0, 0.1) is 0 Å². The van der Waals surface area contributed by atoms with Crippen molar-refractivity contribution in [1.29, 1.82) is 0 Å². The first-order valence-corrected chi connectivity index (χ1v) is 6.65. The lowest BCUT2D eigenvalue weighted by Gasteiger charge is -2.03. The first-order valence-electron chi connectivity index (χ1n) is 5.10. The Labute approximate surface area is 124 Å². The maximum Gasteiger partial charge on any atom is 0.100 e. The molecule has 18 heavy (non-hydrogen) atoms. The molecule has 0 aromatic heterocycles. The SMILES string of the molecule is Nc1cc(Cl)c(N=Cc2ccc(Br)cc2)c(Cl)c1. The van der Waals surface area contributed by atoms with Crippen LogP contribution in [0.4, 0.5) is 11.4 Å². The van der Waals surface area contributed by atoms with Gasteiger partial charge in [-0.3, -0.25) is 4.99 Å². The van der Waals surface area contributed by atoms with Gasteiger partial charge in [0.25, 0.3) is 0 Å². The maximum atomic E-state index is 6.04. The van der Waals surface area contributed by atoms with Crippen molar-refractivity contribution >= 4 is 56.7 Å². The number of anilines is 1. The smallest absolute Gasteiger partial charge is 0.100 e. The van der Waals surface area contributed by atoms with E-state index in [0.717, 1.165) is 10.0 Å². The molecule has 0 fully saturated rings. The number of nitrogens with zero attached hydrogens (tertiary/aromatic N) is 1. The molecule has 0 aliphatic rings. The zero-order chi connectivity index (χ0) is 13.1. The second-order valence-electron chi connectivity index (χ2n) is 3.64. The van der Waals surface area contributed by atoms with Crippen LogP contribution in [0.15, 0.2) is 45.9 Å². The maximum absolute atomic E-state index is 6.04. The molecule has 0 atom stereocenters. The van der Waals surface area contributed by atoms with Crippen molar-refractivity contribution in [3.05, 3.63) is 56.5 Å². The Hall–Kier alpha value is -1.03. The monoisotopic (exact) mass is 342 g/mol. The van der Waals surface area contributed by atoms with Gasteiger partial charge in [-0.1, -0.05) is 51.3 Å². The van der Waals surface area contributed by atoms with Crippen molar-refractivity contribution in [3.8, 4) is 0 Å². The lowest BCUT2D eigenvalue weighted by Crippen LogP contribution is -1.85. The average Bonchev–Trinajstić information content (AvgIpc) is 2.30. The third kappa shape index (κ3) is 3.25. The summed E-state index contributed by atoms with van der Waals surface area (Å²) in [4.78, 5) is 4.29. The summed E-state index contributed by atoms with van der Waals surface area (Å²) in [7, 11) is 0. The van der Waals surface area contributed by atoms with Gasteiger partial charge in [-0.05, 0) is 29.8 Å². The van der Waals surface area contributed by atoms with Gasteiger partial charge in [0.2, 0.25) is 0 Å². The van der Waals surface area contributed by atoms with Crippen molar-refractivity contribution in [2.45, 2.75) is 0 Å². The molecule has 0 heterocycles. The zero-order valence-corrected chi connectivity index (χ0v) is 12.3. The van der Waals surface area contributed by atoms with Gasteiger partial charge < -0.3 is 5.73 Å². The van der Waals surface area contributed by atoms with E-state index in [0.29, 0.717) is 21.4 Å². The molecule has 0 unspecified atom stereocenters. The van der Waals surface area contributed by atoms with Gasteiger partial charge >= 0.3 is 0 Å². The van der Waals surface area contributed by atoms with E-state index in [-0.39, 0.29) is 0 Å². The van der Waals surface area contributed by atoms with Crippen molar-refractivity contribution < 1.29 is 0 Å². The molecule has 2 nitrogen and oxygen atoms in total. The highest BCUT2D eigenvalue weighted by Gasteiger charge is 2.05. The number of nitrogen functional groups attached to an aromatic ring is 1. The van der Waals surface area contributed by atoms with Crippen LogP contribution in [-0.2, 0) is 0 Å². The summed E-state index contributed by atoms with van der Waals surface area (Å²) < 4.78 is 1.02. The van der Waals surface area contributed by atoms with Gasteiger partial charge in [-0.25, -0.2) is 0 Å². The van der Waals surface area contributed by atoms with Crippen LogP contribution < -0.4 is 5.73 Å². The minimum absolute atomic E-state index is 0.438. The Morgan fingerprint density at radius 3 is 2.17 bits per heavy atom. The lowest BCUT2D eigenvalue weighted by atomic mass is 10.2. The number of hydrogen-bond donors (Lipinski definition) is 1. The summed E-state index contributed by atoms with van der Waals surface area (Å²) >= 11 is 15.5.